The van der Waals surface area contributed by atoms with E-state index in [0.29, 0.717) is 53.5 Å². The lowest BCUT2D eigenvalue weighted by Gasteiger charge is -2.39. The van der Waals surface area contributed by atoms with Gasteiger partial charge in [-0.05, 0) is 55.5 Å². The number of rotatable bonds is 6. The molecular formula is C24H28N4O3S. The standard InChI is InChI=1S/C24H28N4O3S/c1-17(2)14-24(30)10-12-28(13-11-24)23(29)18-6-8-20(9-7-18)27-32(31)21-5-3-4-19-15-25-16-26-22(19)21/h3-9,15-17,27,30H,10-14H2,1-2H3. The van der Waals surface area contributed by atoms with Crippen molar-refractivity contribution in [2.45, 2.75) is 43.6 Å². The molecule has 1 amide bonds. The molecule has 0 spiro atoms. The zero-order valence-corrected chi connectivity index (χ0v) is 19.1. The molecule has 0 aliphatic carbocycles. The third-order valence-corrected chi connectivity index (χ3v) is 6.96. The van der Waals surface area contributed by atoms with Gasteiger partial charge in [0.2, 0.25) is 4.90 Å². The van der Waals surface area contributed by atoms with E-state index in [9.17, 15) is 14.5 Å². The maximum Gasteiger partial charge on any atom is 0.253 e. The Bertz CT molecular complexity index is 1080. The maximum atomic E-state index is 12.9. The molecule has 0 radical (unpaired) electrons. The number of para-hydroxylation sites is 1. The van der Waals surface area contributed by atoms with Gasteiger partial charge in [0.25, 0.3) is 5.91 Å². The Labute approximate surface area is 191 Å². The molecule has 1 aliphatic rings. The molecule has 3 aromatic rings. The quantitative estimate of drug-likeness (QED) is 0.552. The van der Waals surface area contributed by atoms with Crippen molar-refractivity contribution < 1.29 is 14.5 Å². The SMILES string of the molecule is CC(C)CC1(O)CCN(C(=O)c2ccc(N[S+]([O-])c3cccc4cncnc34)cc2)CC1. The van der Waals surface area contributed by atoms with Gasteiger partial charge in [-0.2, -0.15) is 0 Å². The molecule has 7 nitrogen and oxygen atoms in total. The van der Waals surface area contributed by atoms with E-state index in [4.69, 9.17) is 0 Å². The molecule has 1 atom stereocenters. The van der Waals surface area contributed by atoms with Crippen LogP contribution in [0.25, 0.3) is 10.9 Å². The van der Waals surface area contributed by atoms with Gasteiger partial charge in [-0.25, -0.2) is 14.7 Å². The van der Waals surface area contributed by atoms with Crippen molar-refractivity contribution >= 4 is 33.9 Å². The molecule has 8 heteroatoms. The Morgan fingerprint density at radius 2 is 1.94 bits per heavy atom. The van der Waals surface area contributed by atoms with Crippen molar-refractivity contribution in [2.75, 3.05) is 17.8 Å². The summed E-state index contributed by atoms with van der Waals surface area (Å²) in [4.78, 5) is 23.5. The summed E-state index contributed by atoms with van der Waals surface area (Å²) in [5, 5.41) is 11.5. The first kappa shape index (κ1) is 22.5. The second-order valence-corrected chi connectivity index (χ2v) is 9.96. The van der Waals surface area contributed by atoms with Crippen LogP contribution in [0.5, 0.6) is 0 Å². The van der Waals surface area contributed by atoms with Gasteiger partial charge >= 0.3 is 0 Å². The highest BCUT2D eigenvalue weighted by molar-refractivity contribution is 7.93. The minimum Gasteiger partial charge on any atom is -0.588 e. The summed E-state index contributed by atoms with van der Waals surface area (Å²) in [6.07, 6.45) is 5.09. The number of fused-ring (bicyclic) bond motifs is 1. The molecule has 0 saturated carbocycles. The lowest BCUT2D eigenvalue weighted by Crippen LogP contribution is -2.47. The molecule has 1 aliphatic heterocycles. The number of aromatic nitrogens is 2. The zero-order chi connectivity index (χ0) is 22.7. The highest BCUT2D eigenvalue weighted by atomic mass is 32.2. The van der Waals surface area contributed by atoms with Crippen LogP contribution in [0, 0.1) is 5.92 Å². The highest BCUT2D eigenvalue weighted by Gasteiger charge is 2.34. The molecule has 2 heterocycles. The lowest BCUT2D eigenvalue weighted by atomic mass is 9.84. The molecule has 2 aromatic carbocycles. The van der Waals surface area contributed by atoms with Crippen molar-refractivity contribution in [3.8, 4) is 0 Å². The summed E-state index contributed by atoms with van der Waals surface area (Å²) in [5.74, 6) is 0.379. The number of hydrogen-bond donors (Lipinski definition) is 2. The van der Waals surface area contributed by atoms with Crippen LogP contribution in [-0.4, -0.2) is 49.1 Å². The number of benzene rings is 2. The van der Waals surface area contributed by atoms with Gasteiger partial charge < -0.3 is 14.6 Å². The summed E-state index contributed by atoms with van der Waals surface area (Å²) < 4.78 is 15.9. The molecule has 1 fully saturated rings. The fraction of sp³-hybridized carbons (Fsp3) is 0.375. The van der Waals surface area contributed by atoms with Crippen molar-refractivity contribution in [3.63, 3.8) is 0 Å². The van der Waals surface area contributed by atoms with E-state index in [0.717, 1.165) is 11.8 Å². The molecule has 4 rings (SSSR count). The van der Waals surface area contributed by atoms with Crippen molar-refractivity contribution in [2.24, 2.45) is 5.92 Å². The Balaban J connectivity index is 1.39. The summed E-state index contributed by atoms with van der Waals surface area (Å²) in [6.45, 7) is 5.31. The molecule has 1 aromatic heterocycles. The van der Waals surface area contributed by atoms with E-state index >= 15 is 0 Å². The second kappa shape index (κ2) is 9.44. The van der Waals surface area contributed by atoms with E-state index in [1.807, 2.05) is 12.1 Å². The minimum atomic E-state index is -1.51. The molecule has 0 bridgehead atoms. The number of carbonyl (C=O) groups excluding carboxylic acids is 1. The number of nitrogens with zero attached hydrogens (tertiary/aromatic N) is 3. The van der Waals surface area contributed by atoms with Gasteiger partial charge in [0.05, 0.1) is 11.3 Å². The van der Waals surface area contributed by atoms with Crippen LogP contribution < -0.4 is 4.72 Å². The average molecular weight is 453 g/mol. The molecule has 32 heavy (non-hydrogen) atoms. The predicted molar refractivity (Wildman–Crippen MR) is 126 cm³/mol. The Kier molecular flexibility index (Phi) is 6.64. The summed E-state index contributed by atoms with van der Waals surface area (Å²) >= 11 is -1.51. The normalized spacial score (nSPS) is 16.8. The van der Waals surface area contributed by atoms with Crippen LogP contribution >= 0.6 is 0 Å². The summed E-state index contributed by atoms with van der Waals surface area (Å²) in [5.41, 5.74) is 1.20. The van der Waals surface area contributed by atoms with Crippen LogP contribution in [0.1, 0.15) is 43.5 Å². The number of hydrogen-bond acceptors (Lipinski definition) is 6. The third kappa shape index (κ3) is 5.03. The second-order valence-electron chi connectivity index (χ2n) is 8.78. The average Bonchev–Trinajstić information content (AvgIpc) is 2.78. The largest absolute Gasteiger partial charge is 0.588 e. The number of piperidine rings is 1. The third-order valence-electron chi connectivity index (χ3n) is 5.81. The first-order chi connectivity index (χ1) is 15.3. The van der Waals surface area contributed by atoms with Gasteiger partial charge in [-0.3, -0.25) is 4.79 Å². The maximum absolute atomic E-state index is 12.9. The molecular weight excluding hydrogens is 424 g/mol. The topological polar surface area (TPSA) is 101 Å². The molecule has 1 saturated heterocycles. The summed E-state index contributed by atoms with van der Waals surface area (Å²) in [7, 11) is 0. The predicted octanol–water partition coefficient (Wildman–Crippen LogP) is 3.78. The Morgan fingerprint density at radius 3 is 2.62 bits per heavy atom. The number of anilines is 1. The van der Waals surface area contributed by atoms with E-state index in [1.54, 1.807) is 41.4 Å². The lowest BCUT2D eigenvalue weighted by molar-refractivity contribution is -0.0311. The first-order valence-electron chi connectivity index (χ1n) is 10.8. The van der Waals surface area contributed by atoms with Gasteiger partial charge in [0.1, 0.15) is 23.2 Å². The Hall–Kier alpha value is -2.68. The van der Waals surface area contributed by atoms with Gasteiger partial charge in [-0.1, -0.05) is 26.0 Å². The fourth-order valence-electron chi connectivity index (χ4n) is 4.25. The fourth-order valence-corrected chi connectivity index (χ4v) is 5.26. The van der Waals surface area contributed by atoms with Crippen LogP contribution in [0.4, 0.5) is 5.69 Å². The number of nitrogens with one attached hydrogen (secondary N) is 1. The van der Waals surface area contributed by atoms with Crippen molar-refractivity contribution in [3.05, 3.63) is 60.6 Å². The molecule has 2 N–H and O–H groups in total. The van der Waals surface area contributed by atoms with E-state index in [2.05, 4.69) is 28.5 Å². The van der Waals surface area contributed by atoms with Crippen LogP contribution in [-0.2, 0) is 11.4 Å². The van der Waals surface area contributed by atoms with Gasteiger partial charge in [-0.15, -0.1) is 0 Å². The zero-order valence-electron chi connectivity index (χ0n) is 18.3. The van der Waals surface area contributed by atoms with E-state index in [-0.39, 0.29) is 5.91 Å². The minimum absolute atomic E-state index is 0.0463. The number of carbonyl (C=O) groups is 1. The number of likely N-dealkylation sites (tertiary alicyclic amines) is 1. The first-order valence-corrected chi connectivity index (χ1v) is 12.0. The van der Waals surface area contributed by atoms with E-state index in [1.165, 1.54) is 6.33 Å². The van der Waals surface area contributed by atoms with Gasteiger partial charge in [0.15, 0.2) is 0 Å². The van der Waals surface area contributed by atoms with Crippen molar-refractivity contribution in [1.82, 2.24) is 14.9 Å². The number of amides is 1. The highest BCUT2D eigenvalue weighted by Crippen LogP contribution is 2.30. The Morgan fingerprint density at radius 1 is 1.22 bits per heavy atom. The molecule has 168 valence electrons. The van der Waals surface area contributed by atoms with Crippen molar-refractivity contribution in [1.29, 1.82) is 0 Å². The molecule has 1 unspecified atom stereocenters. The van der Waals surface area contributed by atoms with Crippen LogP contribution in [0.3, 0.4) is 0 Å². The van der Waals surface area contributed by atoms with Crippen LogP contribution in [0.2, 0.25) is 0 Å². The smallest absolute Gasteiger partial charge is 0.253 e. The monoisotopic (exact) mass is 452 g/mol. The van der Waals surface area contributed by atoms with Crippen LogP contribution in [0.15, 0.2) is 59.9 Å². The summed E-state index contributed by atoms with van der Waals surface area (Å²) in [6, 6.07) is 12.5. The van der Waals surface area contributed by atoms with E-state index < -0.39 is 17.0 Å². The number of aliphatic hydroxyl groups is 1. The van der Waals surface area contributed by atoms with Gasteiger partial charge in [0, 0.05) is 30.2 Å².